The lowest BCUT2D eigenvalue weighted by Gasteiger charge is -2.19. The van der Waals surface area contributed by atoms with E-state index in [4.69, 9.17) is 0 Å². The number of likely N-dealkylation sites (tertiary alicyclic amines) is 1. The molecule has 9 heteroatoms. The molecule has 0 spiro atoms. The first-order valence-electron chi connectivity index (χ1n) is 11.5. The Balaban J connectivity index is 0.00000259. The summed E-state index contributed by atoms with van der Waals surface area (Å²) in [6.45, 7) is 4.01. The van der Waals surface area contributed by atoms with Crippen molar-refractivity contribution >= 4 is 53.3 Å². The lowest BCUT2D eigenvalue weighted by atomic mass is 9.85. The number of hydrogen-bond donors (Lipinski definition) is 2. The van der Waals surface area contributed by atoms with Crippen LogP contribution in [-0.4, -0.2) is 61.3 Å². The lowest BCUT2D eigenvalue weighted by molar-refractivity contribution is -0.140. The maximum atomic E-state index is 12.8. The number of halogens is 1. The van der Waals surface area contributed by atoms with Crippen molar-refractivity contribution in [1.29, 1.82) is 0 Å². The fourth-order valence-electron chi connectivity index (χ4n) is 5.64. The number of amides is 3. The minimum atomic E-state index is -0.166. The van der Waals surface area contributed by atoms with Crippen LogP contribution in [0.4, 0.5) is 5.69 Å². The molecular formula is C24H30IN5O3. The van der Waals surface area contributed by atoms with Crippen LogP contribution < -0.4 is 15.5 Å². The van der Waals surface area contributed by atoms with Crippen molar-refractivity contribution in [3.63, 3.8) is 0 Å². The van der Waals surface area contributed by atoms with E-state index in [1.165, 1.54) is 10.5 Å². The Bertz CT molecular complexity index is 980. The molecule has 1 saturated carbocycles. The molecule has 1 aromatic carbocycles. The van der Waals surface area contributed by atoms with E-state index < -0.39 is 0 Å². The summed E-state index contributed by atoms with van der Waals surface area (Å²) >= 11 is 0. The minimum absolute atomic E-state index is 0. The summed E-state index contributed by atoms with van der Waals surface area (Å²) in [7, 11) is 0. The molecule has 0 radical (unpaired) electrons. The molecule has 1 aromatic rings. The van der Waals surface area contributed by atoms with Crippen molar-refractivity contribution < 1.29 is 14.4 Å². The van der Waals surface area contributed by atoms with Gasteiger partial charge in [0.1, 0.15) is 6.54 Å². The van der Waals surface area contributed by atoms with Crippen LogP contribution in [0.3, 0.4) is 0 Å². The second-order valence-corrected chi connectivity index (χ2v) is 8.87. The van der Waals surface area contributed by atoms with Crippen molar-refractivity contribution in [3.05, 3.63) is 42.0 Å². The number of fused-ring (bicyclic) bond motifs is 6. The molecule has 2 aliphatic carbocycles. The molecule has 0 aromatic heterocycles. The quantitative estimate of drug-likeness (QED) is 0.180. The first-order chi connectivity index (χ1) is 15.6. The molecule has 3 amide bonds. The van der Waals surface area contributed by atoms with Crippen LogP contribution >= 0.6 is 24.0 Å². The Labute approximate surface area is 210 Å². The van der Waals surface area contributed by atoms with Gasteiger partial charge in [0.25, 0.3) is 0 Å². The molecule has 2 aliphatic heterocycles. The summed E-state index contributed by atoms with van der Waals surface area (Å²) in [6.07, 6.45) is 6.00. The first kappa shape index (κ1) is 23.7. The van der Waals surface area contributed by atoms with Gasteiger partial charge in [-0.1, -0.05) is 30.4 Å². The van der Waals surface area contributed by atoms with Crippen molar-refractivity contribution in [3.8, 4) is 0 Å². The number of benzene rings is 1. The van der Waals surface area contributed by atoms with E-state index in [2.05, 4.69) is 27.8 Å². The van der Waals surface area contributed by atoms with Gasteiger partial charge in [0.2, 0.25) is 17.7 Å². The van der Waals surface area contributed by atoms with Crippen molar-refractivity contribution in [2.24, 2.45) is 28.7 Å². The Morgan fingerprint density at radius 1 is 1.09 bits per heavy atom. The van der Waals surface area contributed by atoms with Gasteiger partial charge in [-0.25, -0.2) is 4.99 Å². The lowest BCUT2D eigenvalue weighted by Crippen LogP contribution is -2.44. The molecule has 33 heavy (non-hydrogen) atoms. The number of hydrogen-bond acceptors (Lipinski definition) is 4. The summed E-state index contributed by atoms with van der Waals surface area (Å²) in [5.41, 5.74) is 2.15. The topological polar surface area (TPSA) is 94.1 Å². The normalized spacial score (nSPS) is 27.0. The third-order valence-electron chi connectivity index (χ3n) is 7.09. The molecule has 5 rings (SSSR count). The molecule has 176 valence electrons. The molecular weight excluding hydrogens is 533 g/mol. The molecule has 2 heterocycles. The van der Waals surface area contributed by atoms with E-state index in [0.717, 1.165) is 18.5 Å². The largest absolute Gasteiger partial charge is 0.357 e. The van der Waals surface area contributed by atoms with Crippen LogP contribution in [-0.2, 0) is 20.8 Å². The standard InChI is InChI=1S/C24H29N5O3.HI/c1-2-25-24(27-14-19(30)28-11-9-15-5-3-4-6-18(15)28)26-10-12-29-22(31)20-16-7-8-17(13-16)21(20)23(29)32;/h3-8,16-17,20-21H,2,9-14H2,1H3,(H2,25,26,27);1H. The number of anilines is 1. The highest BCUT2D eigenvalue weighted by Crippen LogP contribution is 2.52. The van der Waals surface area contributed by atoms with Crippen LogP contribution in [0.25, 0.3) is 0 Å². The predicted molar refractivity (Wildman–Crippen MR) is 136 cm³/mol. The molecule has 4 atom stereocenters. The van der Waals surface area contributed by atoms with E-state index in [1.807, 2.05) is 31.2 Å². The fraction of sp³-hybridized carbons (Fsp3) is 0.500. The van der Waals surface area contributed by atoms with Gasteiger partial charge in [-0.2, -0.15) is 0 Å². The van der Waals surface area contributed by atoms with Gasteiger partial charge in [0.05, 0.1) is 11.8 Å². The van der Waals surface area contributed by atoms with Crippen LogP contribution in [0, 0.1) is 23.7 Å². The highest BCUT2D eigenvalue weighted by Gasteiger charge is 2.58. The van der Waals surface area contributed by atoms with E-state index in [9.17, 15) is 14.4 Å². The van der Waals surface area contributed by atoms with Crippen molar-refractivity contribution in [2.45, 2.75) is 19.8 Å². The zero-order valence-electron chi connectivity index (χ0n) is 18.7. The van der Waals surface area contributed by atoms with E-state index in [0.29, 0.717) is 32.1 Å². The van der Waals surface area contributed by atoms with Gasteiger partial charge < -0.3 is 15.5 Å². The molecule has 4 unspecified atom stereocenters. The number of nitrogens with zero attached hydrogens (tertiary/aromatic N) is 3. The number of imide groups is 1. The molecule has 1 saturated heterocycles. The van der Waals surface area contributed by atoms with Crippen LogP contribution in [0.1, 0.15) is 18.9 Å². The number of nitrogens with one attached hydrogen (secondary N) is 2. The van der Waals surface area contributed by atoms with Gasteiger partial charge >= 0.3 is 0 Å². The Morgan fingerprint density at radius 2 is 1.79 bits per heavy atom. The third kappa shape index (κ3) is 4.27. The van der Waals surface area contributed by atoms with Crippen LogP contribution in [0.2, 0.25) is 0 Å². The summed E-state index contributed by atoms with van der Waals surface area (Å²) in [5, 5.41) is 6.29. The summed E-state index contributed by atoms with van der Waals surface area (Å²) in [5.74, 6) is 0.495. The number of carbonyl (C=O) groups excluding carboxylic acids is 3. The zero-order valence-corrected chi connectivity index (χ0v) is 21.0. The summed E-state index contributed by atoms with van der Waals surface area (Å²) in [4.78, 5) is 45.9. The number of rotatable bonds is 6. The van der Waals surface area contributed by atoms with E-state index >= 15 is 0 Å². The molecule has 2 fully saturated rings. The molecule has 2 bridgehead atoms. The van der Waals surface area contributed by atoms with Crippen molar-refractivity contribution in [1.82, 2.24) is 15.5 Å². The monoisotopic (exact) mass is 563 g/mol. The smallest absolute Gasteiger partial charge is 0.248 e. The number of guanidine groups is 1. The summed E-state index contributed by atoms with van der Waals surface area (Å²) in [6, 6.07) is 7.95. The average molecular weight is 563 g/mol. The van der Waals surface area contributed by atoms with Crippen molar-refractivity contribution in [2.75, 3.05) is 37.6 Å². The zero-order chi connectivity index (χ0) is 22.2. The van der Waals surface area contributed by atoms with E-state index in [1.54, 1.807) is 4.90 Å². The number of allylic oxidation sites excluding steroid dienone is 2. The molecule has 8 nitrogen and oxygen atoms in total. The summed E-state index contributed by atoms with van der Waals surface area (Å²) < 4.78 is 0. The van der Waals surface area contributed by atoms with Gasteiger partial charge in [0.15, 0.2) is 5.96 Å². The van der Waals surface area contributed by atoms with Gasteiger partial charge in [0, 0.05) is 31.9 Å². The number of aliphatic imine (C=N–C) groups is 1. The van der Waals surface area contributed by atoms with E-state index in [-0.39, 0.29) is 71.9 Å². The molecule has 4 aliphatic rings. The van der Waals surface area contributed by atoms with Gasteiger partial charge in [-0.05, 0) is 43.2 Å². The average Bonchev–Trinajstić information content (AvgIpc) is 3.56. The predicted octanol–water partition coefficient (Wildman–Crippen LogP) is 1.56. The van der Waals surface area contributed by atoms with Gasteiger partial charge in [-0.3, -0.25) is 19.3 Å². The first-order valence-corrected chi connectivity index (χ1v) is 11.5. The minimum Gasteiger partial charge on any atom is -0.357 e. The fourth-order valence-corrected chi connectivity index (χ4v) is 5.64. The number of para-hydroxylation sites is 1. The second-order valence-electron chi connectivity index (χ2n) is 8.87. The van der Waals surface area contributed by atoms with Gasteiger partial charge in [-0.15, -0.1) is 24.0 Å². The highest BCUT2D eigenvalue weighted by molar-refractivity contribution is 14.0. The molecule has 2 N–H and O–H groups in total. The maximum Gasteiger partial charge on any atom is 0.248 e. The SMILES string of the molecule is CCNC(=NCC(=O)N1CCc2ccccc21)NCCN1C(=O)C2C3C=CC(C3)C2C1=O.I. The van der Waals surface area contributed by atoms with Crippen LogP contribution in [0.15, 0.2) is 41.4 Å². The Kier molecular flexibility index (Phi) is 7.06. The Morgan fingerprint density at radius 3 is 2.48 bits per heavy atom. The van der Waals surface area contributed by atoms with Crippen LogP contribution in [0.5, 0.6) is 0 Å². The number of carbonyl (C=O) groups is 3. The Hall–Kier alpha value is -2.43. The highest BCUT2D eigenvalue weighted by atomic mass is 127. The second kappa shape index (κ2) is 9.82. The third-order valence-corrected chi connectivity index (χ3v) is 7.09. The maximum absolute atomic E-state index is 12.8.